The Morgan fingerprint density at radius 2 is 2.00 bits per heavy atom. The molecule has 140 valence electrons. The lowest BCUT2D eigenvalue weighted by atomic mass is 10.2. The second-order valence-corrected chi connectivity index (χ2v) is 5.43. The van der Waals surface area contributed by atoms with Gasteiger partial charge in [-0.2, -0.15) is 5.10 Å². The van der Waals surface area contributed by atoms with Gasteiger partial charge < -0.3 is 15.2 Å². The van der Waals surface area contributed by atoms with Gasteiger partial charge in [0.15, 0.2) is 0 Å². The lowest BCUT2D eigenvalue weighted by Gasteiger charge is -2.12. The van der Waals surface area contributed by atoms with E-state index in [1.807, 2.05) is 5.43 Å². The Morgan fingerprint density at radius 3 is 2.63 bits per heavy atom. The molecular formula is C16H12ClN4O6-. The number of anilines is 1. The Bertz CT molecular complexity index is 931. The number of hydrogen-bond donors (Lipinski definition) is 2. The van der Waals surface area contributed by atoms with E-state index in [2.05, 4.69) is 10.4 Å². The van der Waals surface area contributed by atoms with Crippen LogP contribution in [0.1, 0.15) is 5.56 Å². The van der Waals surface area contributed by atoms with Crippen molar-refractivity contribution in [2.75, 3.05) is 12.4 Å². The number of methoxy groups -OCH3 is 1. The standard InChI is InChI=1S/C16H13ClN4O6/c1-27-13-6-9(5-12(14(13)22)21(25)26)8-18-20-16(24)15(23)19-11-4-2-3-10(17)7-11/h2-8,22H,1H3,(H,19,23)(H,20,24)/p-1/b18-8-. The van der Waals surface area contributed by atoms with Crippen LogP contribution >= 0.6 is 11.6 Å². The monoisotopic (exact) mass is 391 g/mol. The molecule has 0 radical (unpaired) electrons. The van der Waals surface area contributed by atoms with Crippen LogP contribution in [0.4, 0.5) is 11.4 Å². The number of rotatable bonds is 5. The zero-order valence-electron chi connectivity index (χ0n) is 13.8. The zero-order valence-corrected chi connectivity index (χ0v) is 14.5. The predicted molar refractivity (Wildman–Crippen MR) is 94.9 cm³/mol. The van der Waals surface area contributed by atoms with E-state index in [0.29, 0.717) is 10.7 Å². The normalized spacial score (nSPS) is 10.4. The van der Waals surface area contributed by atoms with Gasteiger partial charge in [-0.1, -0.05) is 17.7 Å². The summed E-state index contributed by atoms with van der Waals surface area (Å²) in [5, 5.41) is 28.8. The molecule has 0 heterocycles. The third-order valence-electron chi connectivity index (χ3n) is 3.14. The van der Waals surface area contributed by atoms with E-state index in [1.54, 1.807) is 12.1 Å². The predicted octanol–water partition coefficient (Wildman–Crippen LogP) is 1.42. The lowest BCUT2D eigenvalue weighted by molar-refractivity contribution is -0.398. The quantitative estimate of drug-likeness (QED) is 0.341. The van der Waals surface area contributed by atoms with Gasteiger partial charge in [-0.05, 0) is 24.3 Å². The van der Waals surface area contributed by atoms with Crippen LogP contribution in [0, 0.1) is 10.1 Å². The molecule has 0 aliphatic heterocycles. The first kappa shape index (κ1) is 19.7. The first-order valence-electron chi connectivity index (χ1n) is 7.25. The van der Waals surface area contributed by atoms with Crippen molar-refractivity contribution in [2.45, 2.75) is 0 Å². The van der Waals surface area contributed by atoms with Crippen LogP contribution in [0.25, 0.3) is 0 Å². The molecule has 0 saturated heterocycles. The van der Waals surface area contributed by atoms with Gasteiger partial charge in [0.1, 0.15) is 5.75 Å². The molecule has 2 aromatic carbocycles. The van der Waals surface area contributed by atoms with Gasteiger partial charge in [-0.3, -0.25) is 19.7 Å². The van der Waals surface area contributed by atoms with Crippen molar-refractivity contribution in [3.8, 4) is 11.5 Å². The first-order valence-corrected chi connectivity index (χ1v) is 7.63. The number of carbonyl (C=O) groups excluding carboxylic acids is 2. The second kappa shape index (κ2) is 8.63. The van der Waals surface area contributed by atoms with Crippen molar-refractivity contribution in [3.63, 3.8) is 0 Å². The summed E-state index contributed by atoms with van der Waals surface area (Å²) in [7, 11) is 1.18. The summed E-state index contributed by atoms with van der Waals surface area (Å²) in [5.41, 5.74) is 1.69. The SMILES string of the molecule is COc1cc(/C=N\NC(=O)C(=O)Nc2cccc(Cl)c2)cc([N+](=O)[O-])c1[O-]. The minimum absolute atomic E-state index is 0.119. The Kier molecular flexibility index (Phi) is 6.28. The molecule has 0 saturated carbocycles. The van der Waals surface area contributed by atoms with Crippen LogP contribution in [0.15, 0.2) is 41.5 Å². The van der Waals surface area contributed by atoms with Crippen LogP contribution in [0.5, 0.6) is 11.5 Å². The highest BCUT2D eigenvalue weighted by Gasteiger charge is 2.14. The Hall–Kier alpha value is -3.66. The molecular weight excluding hydrogens is 380 g/mol. The smallest absolute Gasteiger partial charge is 0.329 e. The average molecular weight is 392 g/mol. The molecule has 0 atom stereocenters. The van der Waals surface area contributed by atoms with Crippen molar-refractivity contribution in [1.29, 1.82) is 0 Å². The van der Waals surface area contributed by atoms with Gasteiger partial charge in [-0.25, -0.2) is 5.43 Å². The van der Waals surface area contributed by atoms with E-state index in [0.717, 1.165) is 12.3 Å². The number of hydrogen-bond acceptors (Lipinski definition) is 7. The molecule has 0 aromatic heterocycles. The highest BCUT2D eigenvalue weighted by Crippen LogP contribution is 2.33. The Labute approximate surface area is 157 Å². The summed E-state index contributed by atoms with van der Waals surface area (Å²) < 4.78 is 4.78. The maximum absolute atomic E-state index is 11.8. The van der Waals surface area contributed by atoms with Crippen LogP contribution in [-0.2, 0) is 9.59 Å². The number of nitrogens with one attached hydrogen (secondary N) is 2. The molecule has 0 spiro atoms. The summed E-state index contributed by atoms with van der Waals surface area (Å²) >= 11 is 5.77. The second-order valence-electron chi connectivity index (χ2n) is 4.99. The fourth-order valence-electron chi connectivity index (χ4n) is 1.94. The molecule has 2 amide bonds. The molecule has 10 nitrogen and oxygen atoms in total. The third kappa shape index (κ3) is 5.16. The molecule has 0 unspecified atom stereocenters. The highest BCUT2D eigenvalue weighted by molar-refractivity contribution is 6.39. The van der Waals surface area contributed by atoms with Crippen molar-refractivity contribution in [3.05, 3.63) is 57.1 Å². The van der Waals surface area contributed by atoms with E-state index < -0.39 is 28.2 Å². The van der Waals surface area contributed by atoms with Crippen molar-refractivity contribution in [2.24, 2.45) is 5.10 Å². The fraction of sp³-hybridized carbons (Fsp3) is 0.0625. The number of benzene rings is 2. The molecule has 2 N–H and O–H groups in total. The van der Waals surface area contributed by atoms with Crippen LogP contribution in [0.3, 0.4) is 0 Å². The van der Waals surface area contributed by atoms with E-state index in [4.69, 9.17) is 16.3 Å². The van der Waals surface area contributed by atoms with Gasteiger partial charge in [0, 0.05) is 28.1 Å². The van der Waals surface area contributed by atoms with E-state index in [9.17, 15) is 24.8 Å². The number of nitrogens with zero attached hydrogens (tertiary/aromatic N) is 2. The number of ether oxygens (including phenoxy) is 1. The van der Waals surface area contributed by atoms with Crippen LogP contribution in [0.2, 0.25) is 5.02 Å². The minimum atomic E-state index is -1.08. The third-order valence-corrected chi connectivity index (χ3v) is 3.38. The summed E-state index contributed by atoms with van der Waals surface area (Å²) in [6.07, 6.45) is 1.03. The van der Waals surface area contributed by atoms with Gasteiger partial charge in [-0.15, -0.1) is 0 Å². The highest BCUT2D eigenvalue weighted by atomic mass is 35.5. The summed E-state index contributed by atoms with van der Waals surface area (Å²) in [4.78, 5) is 33.5. The number of amides is 2. The average Bonchev–Trinajstić information content (AvgIpc) is 2.62. The Morgan fingerprint density at radius 1 is 1.26 bits per heavy atom. The number of hydrazone groups is 1. The van der Waals surface area contributed by atoms with Gasteiger partial charge in [0.05, 0.1) is 18.2 Å². The zero-order chi connectivity index (χ0) is 20.0. The van der Waals surface area contributed by atoms with Crippen LogP contribution < -0.4 is 20.6 Å². The number of halogens is 1. The minimum Gasteiger partial charge on any atom is -0.865 e. The molecule has 0 aliphatic carbocycles. The van der Waals surface area contributed by atoms with Gasteiger partial charge >= 0.3 is 11.8 Å². The van der Waals surface area contributed by atoms with Crippen molar-refractivity contribution in [1.82, 2.24) is 5.43 Å². The van der Waals surface area contributed by atoms with Crippen molar-refractivity contribution < 1.29 is 24.4 Å². The van der Waals surface area contributed by atoms with E-state index in [1.165, 1.54) is 25.3 Å². The molecule has 2 rings (SSSR count). The molecule has 0 bridgehead atoms. The maximum Gasteiger partial charge on any atom is 0.329 e. The number of nitro benzene ring substituents is 1. The summed E-state index contributed by atoms with van der Waals surface area (Å²) in [6.45, 7) is 0. The van der Waals surface area contributed by atoms with Crippen molar-refractivity contribution >= 4 is 41.0 Å². The molecule has 0 fully saturated rings. The summed E-state index contributed by atoms with van der Waals surface area (Å²) in [5.74, 6) is -3.21. The Balaban J connectivity index is 2.06. The number of nitro groups is 1. The maximum atomic E-state index is 11.8. The van der Waals surface area contributed by atoms with Gasteiger partial charge in [0.2, 0.25) is 0 Å². The molecule has 27 heavy (non-hydrogen) atoms. The molecule has 0 aliphatic rings. The molecule has 11 heteroatoms. The first-order chi connectivity index (χ1) is 12.8. The topological polar surface area (TPSA) is 146 Å². The van der Waals surface area contributed by atoms with Gasteiger partial charge in [0.25, 0.3) is 5.69 Å². The fourth-order valence-corrected chi connectivity index (χ4v) is 2.13. The molecule has 2 aromatic rings. The number of carbonyl (C=O) groups is 2. The van der Waals surface area contributed by atoms with Crippen LogP contribution in [-0.4, -0.2) is 30.1 Å². The lowest BCUT2D eigenvalue weighted by Crippen LogP contribution is -2.32. The largest absolute Gasteiger partial charge is 0.865 e. The van der Waals surface area contributed by atoms with E-state index >= 15 is 0 Å². The summed E-state index contributed by atoms with van der Waals surface area (Å²) in [6, 6.07) is 8.35. The van der Waals surface area contributed by atoms with E-state index in [-0.39, 0.29) is 11.3 Å².